The molecule has 1 aliphatic carbocycles. The molecule has 0 spiro atoms. The van der Waals surface area contributed by atoms with Gasteiger partial charge in [0.2, 0.25) is 0 Å². The highest BCUT2D eigenvalue weighted by Gasteiger charge is 2.28. The van der Waals surface area contributed by atoms with Gasteiger partial charge in [0.15, 0.2) is 0 Å². The van der Waals surface area contributed by atoms with Gasteiger partial charge in [-0.2, -0.15) is 0 Å². The maximum absolute atomic E-state index is 11.5. The van der Waals surface area contributed by atoms with E-state index in [0.717, 1.165) is 19.4 Å². The number of ether oxygens (including phenoxy) is 2. The summed E-state index contributed by atoms with van der Waals surface area (Å²) >= 11 is 0. The summed E-state index contributed by atoms with van der Waals surface area (Å²) in [6.07, 6.45) is 6.72. The number of hydrogen-bond donors (Lipinski definition) is 1. The Morgan fingerprint density at radius 3 is 2.52 bits per heavy atom. The second kappa shape index (κ2) is 6.58. The summed E-state index contributed by atoms with van der Waals surface area (Å²) in [5.74, 6) is -0.288. The molecule has 2 atom stereocenters. The Labute approximate surface area is 125 Å². The van der Waals surface area contributed by atoms with Crippen LogP contribution in [0.15, 0.2) is 24.3 Å². The van der Waals surface area contributed by atoms with Crippen molar-refractivity contribution < 1.29 is 14.3 Å². The summed E-state index contributed by atoms with van der Waals surface area (Å²) in [6.45, 7) is 0.987. The van der Waals surface area contributed by atoms with E-state index in [-0.39, 0.29) is 5.97 Å². The molecule has 1 heterocycles. The van der Waals surface area contributed by atoms with Crippen molar-refractivity contribution in [3.63, 3.8) is 0 Å². The van der Waals surface area contributed by atoms with Gasteiger partial charge < -0.3 is 14.8 Å². The lowest BCUT2D eigenvalue weighted by atomic mass is 9.92. The summed E-state index contributed by atoms with van der Waals surface area (Å²) in [5, 5.41) is 3.54. The van der Waals surface area contributed by atoms with Crippen molar-refractivity contribution in [1.29, 1.82) is 0 Å². The zero-order chi connectivity index (χ0) is 14.7. The lowest BCUT2D eigenvalue weighted by molar-refractivity contribution is -0.0677. The molecule has 2 fully saturated rings. The molecule has 1 aromatic rings. The molecule has 0 bridgehead atoms. The average Bonchev–Trinajstić information content (AvgIpc) is 2.51. The van der Waals surface area contributed by atoms with Crippen LogP contribution in [0.2, 0.25) is 0 Å². The van der Waals surface area contributed by atoms with Gasteiger partial charge >= 0.3 is 5.97 Å². The van der Waals surface area contributed by atoms with Gasteiger partial charge in [-0.3, -0.25) is 0 Å². The third-order valence-corrected chi connectivity index (χ3v) is 4.53. The first-order valence-corrected chi connectivity index (χ1v) is 7.83. The highest BCUT2D eigenvalue weighted by Crippen LogP contribution is 2.30. The number of piperidine rings is 1. The van der Waals surface area contributed by atoms with E-state index in [1.807, 2.05) is 24.3 Å². The Bertz CT molecular complexity index is 481. The Balaban J connectivity index is 1.61. The van der Waals surface area contributed by atoms with Crippen molar-refractivity contribution in [2.45, 2.75) is 50.4 Å². The van der Waals surface area contributed by atoms with E-state index >= 15 is 0 Å². The fraction of sp³-hybridized carbons (Fsp3) is 0.588. The first kappa shape index (κ1) is 14.5. The molecular formula is C17H23NO3. The Hall–Kier alpha value is -1.39. The van der Waals surface area contributed by atoms with Gasteiger partial charge in [0.1, 0.15) is 0 Å². The molecule has 1 aliphatic heterocycles. The molecule has 1 N–H and O–H groups in total. The molecule has 0 unspecified atom stereocenters. The molecule has 0 aromatic heterocycles. The van der Waals surface area contributed by atoms with Crippen LogP contribution in [-0.2, 0) is 9.47 Å². The molecule has 1 saturated carbocycles. The van der Waals surface area contributed by atoms with Crippen LogP contribution in [0.4, 0.5) is 0 Å². The molecule has 0 amide bonds. The molecule has 114 valence electrons. The Morgan fingerprint density at radius 2 is 1.90 bits per heavy atom. The van der Waals surface area contributed by atoms with Crippen molar-refractivity contribution in [1.82, 2.24) is 5.32 Å². The first-order valence-electron chi connectivity index (χ1n) is 7.83. The van der Waals surface area contributed by atoms with E-state index in [9.17, 15) is 4.79 Å². The van der Waals surface area contributed by atoms with Crippen molar-refractivity contribution in [3.8, 4) is 0 Å². The molecule has 21 heavy (non-hydrogen) atoms. The molecule has 4 heteroatoms. The summed E-state index contributed by atoms with van der Waals surface area (Å²) in [6, 6.07) is 8.00. The SMILES string of the molecule is COC(=O)c1ccc([C@@H]2C[C@@H](OC3CCC3)CCN2)cc1. The van der Waals surface area contributed by atoms with Crippen molar-refractivity contribution >= 4 is 5.97 Å². The second-order valence-electron chi connectivity index (χ2n) is 5.96. The van der Waals surface area contributed by atoms with E-state index in [4.69, 9.17) is 9.47 Å². The monoisotopic (exact) mass is 289 g/mol. The van der Waals surface area contributed by atoms with Crippen LogP contribution >= 0.6 is 0 Å². The lowest BCUT2D eigenvalue weighted by Gasteiger charge is -2.36. The highest BCUT2D eigenvalue weighted by molar-refractivity contribution is 5.89. The fourth-order valence-electron chi connectivity index (χ4n) is 3.01. The minimum atomic E-state index is -0.288. The summed E-state index contributed by atoms with van der Waals surface area (Å²) in [7, 11) is 1.40. The van der Waals surface area contributed by atoms with Crippen molar-refractivity contribution in [2.24, 2.45) is 0 Å². The standard InChI is InChI=1S/C17H23NO3/c1-20-17(19)13-7-5-12(6-8-13)16-11-15(9-10-18-16)21-14-3-2-4-14/h5-8,14-16,18H,2-4,9-11H2,1H3/t15-,16-/m0/s1. The second-order valence-corrected chi connectivity index (χ2v) is 5.96. The number of carbonyl (C=O) groups excluding carboxylic acids is 1. The van der Waals surface area contributed by atoms with Gasteiger partial charge in [-0.15, -0.1) is 0 Å². The summed E-state index contributed by atoms with van der Waals surface area (Å²) in [4.78, 5) is 11.5. The van der Waals surface area contributed by atoms with Crippen LogP contribution in [0.25, 0.3) is 0 Å². The van der Waals surface area contributed by atoms with E-state index in [1.165, 1.54) is 31.9 Å². The molecule has 0 radical (unpaired) electrons. The van der Waals surface area contributed by atoms with Crippen LogP contribution in [0, 0.1) is 0 Å². The van der Waals surface area contributed by atoms with Gasteiger partial charge in [-0.05, 0) is 56.3 Å². The van der Waals surface area contributed by atoms with E-state index in [0.29, 0.717) is 23.8 Å². The fourth-order valence-corrected chi connectivity index (χ4v) is 3.01. The van der Waals surface area contributed by atoms with Gasteiger partial charge in [-0.25, -0.2) is 4.79 Å². The third kappa shape index (κ3) is 3.44. The quantitative estimate of drug-likeness (QED) is 0.866. The van der Waals surface area contributed by atoms with Crippen LogP contribution in [0.3, 0.4) is 0 Å². The summed E-state index contributed by atoms with van der Waals surface area (Å²) < 4.78 is 10.9. The molecular weight excluding hydrogens is 266 g/mol. The van der Waals surface area contributed by atoms with Gasteiger partial charge in [0.25, 0.3) is 0 Å². The zero-order valence-corrected chi connectivity index (χ0v) is 12.5. The third-order valence-electron chi connectivity index (χ3n) is 4.53. The van der Waals surface area contributed by atoms with E-state index < -0.39 is 0 Å². The normalized spacial score (nSPS) is 26.1. The predicted octanol–water partition coefficient (Wildman–Crippen LogP) is 2.84. The van der Waals surface area contributed by atoms with Crippen LogP contribution in [-0.4, -0.2) is 31.8 Å². The Kier molecular flexibility index (Phi) is 4.56. The molecule has 2 aliphatic rings. The number of carbonyl (C=O) groups is 1. The number of methoxy groups -OCH3 is 1. The van der Waals surface area contributed by atoms with Gasteiger partial charge in [0.05, 0.1) is 24.9 Å². The van der Waals surface area contributed by atoms with E-state index in [1.54, 1.807) is 0 Å². The number of hydrogen-bond acceptors (Lipinski definition) is 4. The Morgan fingerprint density at radius 1 is 1.14 bits per heavy atom. The minimum absolute atomic E-state index is 0.288. The van der Waals surface area contributed by atoms with Gasteiger partial charge in [-0.1, -0.05) is 12.1 Å². The number of esters is 1. The molecule has 4 nitrogen and oxygen atoms in total. The average molecular weight is 289 g/mol. The lowest BCUT2D eigenvalue weighted by Crippen LogP contribution is -2.38. The van der Waals surface area contributed by atoms with Crippen LogP contribution in [0.5, 0.6) is 0 Å². The van der Waals surface area contributed by atoms with Crippen LogP contribution < -0.4 is 5.32 Å². The highest BCUT2D eigenvalue weighted by atomic mass is 16.5. The van der Waals surface area contributed by atoms with Crippen molar-refractivity contribution in [3.05, 3.63) is 35.4 Å². The maximum atomic E-state index is 11.5. The van der Waals surface area contributed by atoms with Gasteiger partial charge in [0, 0.05) is 6.04 Å². The number of nitrogens with one attached hydrogen (secondary N) is 1. The first-order chi connectivity index (χ1) is 10.3. The predicted molar refractivity (Wildman–Crippen MR) is 80.3 cm³/mol. The van der Waals surface area contributed by atoms with Crippen LogP contribution in [0.1, 0.15) is 54.1 Å². The zero-order valence-electron chi connectivity index (χ0n) is 12.5. The van der Waals surface area contributed by atoms with Crippen molar-refractivity contribution in [2.75, 3.05) is 13.7 Å². The number of rotatable bonds is 4. The molecule has 1 aromatic carbocycles. The number of benzene rings is 1. The largest absolute Gasteiger partial charge is 0.465 e. The van der Waals surface area contributed by atoms with E-state index in [2.05, 4.69) is 5.32 Å². The molecule has 3 rings (SSSR count). The minimum Gasteiger partial charge on any atom is -0.465 e. The summed E-state index contributed by atoms with van der Waals surface area (Å²) in [5.41, 5.74) is 1.81. The topological polar surface area (TPSA) is 47.6 Å². The smallest absolute Gasteiger partial charge is 0.337 e. The maximum Gasteiger partial charge on any atom is 0.337 e. The molecule has 1 saturated heterocycles.